The number of aromatic nitrogens is 3. The Hall–Kier alpha value is -3.23. The van der Waals surface area contributed by atoms with Gasteiger partial charge in [-0.05, 0) is 57.8 Å². The number of nitrogens with zero attached hydrogens (tertiary/aromatic N) is 5. The smallest absolute Gasteiger partial charge is 0.418 e. The van der Waals surface area contributed by atoms with Gasteiger partial charge in [0, 0.05) is 38.0 Å². The van der Waals surface area contributed by atoms with Crippen molar-refractivity contribution in [3.8, 4) is 23.0 Å². The minimum Gasteiger partial charge on any atom is -0.491 e. The summed E-state index contributed by atoms with van der Waals surface area (Å²) in [5.41, 5.74) is 2.30. The van der Waals surface area contributed by atoms with Gasteiger partial charge in [-0.25, -0.2) is 13.8 Å². The van der Waals surface area contributed by atoms with Gasteiger partial charge in [0.2, 0.25) is 0 Å². The summed E-state index contributed by atoms with van der Waals surface area (Å²) in [5.74, 6) is -1.000. The molecule has 7 rings (SSSR count). The summed E-state index contributed by atoms with van der Waals surface area (Å²) in [4.78, 5) is 17.4. The van der Waals surface area contributed by atoms with Gasteiger partial charge >= 0.3 is 12.2 Å². The number of ether oxygens (including phenoxy) is 2. The van der Waals surface area contributed by atoms with Crippen LogP contribution in [0.4, 0.5) is 33.6 Å². The molecule has 47 heavy (non-hydrogen) atoms. The van der Waals surface area contributed by atoms with Gasteiger partial charge in [-0.1, -0.05) is 18.0 Å². The SMILES string of the molecule is CNCCN1c2nc(OC[C@@]34CCCN3C[C@H](F)C4)nc3c(F)c(-c4nc(N)cc(C)c4C(F)(F)F)c(Cl)c(c23)OCC2CCCC21. The van der Waals surface area contributed by atoms with E-state index in [1.165, 1.54) is 6.92 Å². The van der Waals surface area contributed by atoms with E-state index in [2.05, 4.69) is 25.1 Å². The van der Waals surface area contributed by atoms with Crippen LogP contribution in [-0.4, -0.2) is 84.0 Å². The molecule has 0 radical (unpaired) electrons. The van der Waals surface area contributed by atoms with Crippen LogP contribution in [0.3, 0.4) is 0 Å². The number of anilines is 2. The molecule has 3 N–H and O–H groups in total. The fourth-order valence-electron chi connectivity index (χ4n) is 8.21. The Labute approximate surface area is 274 Å². The summed E-state index contributed by atoms with van der Waals surface area (Å²) in [6.45, 7) is 3.68. The monoisotopic (exact) mass is 681 g/mol. The number of hydrogen-bond donors (Lipinski definition) is 2. The number of nitrogen functional groups attached to an aromatic ring is 1. The largest absolute Gasteiger partial charge is 0.491 e. The van der Waals surface area contributed by atoms with Gasteiger partial charge in [0.05, 0.1) is 39.4 Å². The molecule has 3 fully saturated rings. The van der Waals surface area contributed by atoms with Crippen molar-refractivity contribution in [3.05, 3.63) is 28.0 Å². The van der Waals surface area contributed by atoms with E-state index in [0.29, 0.717) is 31.9 Å². The Morgan fingerprint density at radius 3 is 2.79 bits per heavy atom. The zero-order valence-corrected chi connectivity index (χ0v) is 26.9. The first kappa shape index (κ1) is 32.3. The van der Waals surface area contributed by atoms with Crippen LogP contribution >= 0.6 is 11.6 Å². The van der Waals surface area contributed by atoms with Crippen LogP contribution in [0, 0.1) is 18.7 Å². The van der Waals surface area contributed by atoms with E-state index in [0.717, 1.165) is 44.7 Å². The molecule has 2 aromatic heterocycles. The normalized spacial score (nSPS) is 25.9. The lowest BCUT2D eigenvalue weighted by Gasteiger charge is -2.37. The minimum absolute atomic E-state index is 0.00470. The molecule has 9 nitrogen and oxygen atoms in total. The van der Waals surface area contributed by atoms with Crippen molar-refractivity contribution >= 4 is 34.1 Å². The highest BCUT2D eigenvalue weighted by atomic mass is 35.5. The van der Waals surface area contributed by atoms with Gasteiger partial charge in [0.25, 0.3) is 0 Å². The molecule has 3 aromatic rings. The standard InChI is InChI=1S/C32H37ClF5N7O2/c1-16-11-20(39)41-26(23(16)32(36,37)38)21-24(33)28-22-27(25(21)35)42-30(47-15-31-7-4-9-44(31)13-18(34)12-31)43-29(22)45(10-8-40-2)19-6-3-5-17(19)14-46-28/h11,17-19,40H,3-10,12-15H2,1-2H3,(H2,39,41)/t17?,18-,19?,31+/m1/s1. The number of rotatable bonds is 7. The van der Waals surface area contributed by atoms with E-state index in [1.807, 2.05) is 7.05 Å². The number of nitrogens with one attached hydrogen (secondary N) is 1. The number of aryl methyl sites for hydroxylation is 1. The van der Waals surface area contributed by atoms with Crippen LogP contribution in [0.15, 0.2) is 6.07 Å². The summed E-state index contributed by atoms with van der Waals surface area (Å²) in [7, 11) is 1.82. The number of halogens is 6. The van der Waals surface area contributed by atoms with E-state index < -0.39 is 40.5 Å². The molecular formula is C32H37ClF5N7O2. The van der Waals surface area contributed by atoms with Crippen LogP contribution < -0.4 is 25.4 Å². The maximum Gasteiger partial charge on any atom is 0.418 e. The molecule has 3 aliphatic heterocycles. The Balaban J connectivity index is 1.47. The second-order valence-electron chi connectivity index (χ2n) is 13.2. The maximum atomic E-state index is 17.0. The highest BCUT2D eigenvalue weighted by Crippen LogP contribution is 2.51. The molecule has 2 saturated heterocycles. The van der Waals surface area contributed by atoms with Crippen molar-refractivity contribution < 1.29 is 31.4 Å². The first-order chi connectivity index (χ1) is 22.4. The number of likely N-dealkylation sites (N-methyl/N-ethyl adjacent to an activating group) is 1. The van der Waals surface area contributed by atoms with E-state index in [1.54, 1.807) is 0 Å². The molecule has 0 bridgehead atoms. The number of alkyl halides is 4. The lowest BCUT2D eigenvalue weighted by Crippen LogP contribution is -2.45. The van der Waals surface area contributed by atoms with Gasteiger partial charge in [-0.15, -0.1) is 0 Å². The third-order valence-electron chi connectivity index (χ3n) is 10.3. The van der Waals surface area contributed by atoms with Crippen molar-refractivity contribution in [2.75, 3.05) is 57.1 Å². The topological polar surface area (TPSA) is 102 Å². The van der Waals surface area contributed by atoms with Gasteiger partial charge in [0.1, 0.15) is 29.9 Å². The lowest BCUT2D eigenvalue weighted by atomic mass is 9.95. The summed E-state index contributed by atoms with van der Waals surface area (Å²) in [6, 6.07) is 0.925. The molecule has 1 aromatic carbocycles. The number of fused-ring (bicyclic) bond motifs is 2. The highest BCUT2D eigenvalue weighted by molar-refractivity contribution is 6.36. The molecule has 2 unspecified atom stereocenters. The summed E-state index contributed by atoms with van der Waals surface area (Å²) < 4.78 is 87.5. The molecule has 4 aliphatic rings. The van der Waals surface area contributed by atoms with Crippen LogP contribution in [0.2, 0.25) is 5.02 Å². The zero-order chi connectivity index (χ0) is 33.2. The van der Waals surface area contributed by atoms with E-state index >= 15 is 4.39 Å². The van der Waals surface area contributed by atoms with Crippen LogP contribution in [0.25, 0.3) is 22.2 Å². The Morgan fingerprint density at radius 1 is 1.21 bits per heavy atom. The van der Waals surface area contributed by atoms with Gasteiger partial charge in [0.15, 0.2) is 11.6 Å². The second kappa shape index (κ2) is 12.0. The van der Waals surface area contributed by atoms with E-state index in [-0.39, 0.29) is 64.2 Å². The quantitative estimate of drug-likeness (QED) is 0.294. The number of nitrogens with two attached hydrogens (primary N) is 1. The Bertz CT molecular complexity index is 1710. The Morgan fingerprint density at radius 2 is 2.02 bits per heavy atom. The first-order valence-corrected chi connectivity index (χ1v) is 16.4. The highest BCUT2D eigenvalue weighted by Gasteiger charge is 2.50. The molecule has 4 atom stereocenters. The van der Waals surface area contributed by atoms with E-state index in [9.17, 15) is 17.6 Å². The van der Waals surface area contributed by atoms with Crippen molar-refractivity contribution in [1.82, 2.24) is 25.2 Å². The number of hydrogen-bond acceptors (Lipinski definition) is 9. The minimum atomic E-state index is -4.90. The Kier molecular flexibility index (Phi) is 8.27. The predicted octanol–water partition coefficient (Wildman–Crippen LogP) is 5.94. The fourth-order valence-corrected chi connectivity index (χ4v) is 8.53. The number of benzene rings is 1. The summed E-state index contributed by atoms with van der Waals surface area (Å²) >= 11 is 6.87. The molecule has 254 valence electrons. The maximum absolute atomic E-state index is 17.0. The summed E-state index contributed by atoms with van der Waals surface area (Å²) in [6.07, 6.45) is -1.31. The average molecular weight is 682 g/mol. The molecule has 1 saturated carbocycles. The molecule has 0 amide bonds. The van der Waals surface area contributed by atoms with Crippen molar-refractivity contribution in [2.24, 2.45) is 5.92 Å². The fraction of sp³-hybridized carbons (Fsp3) is 0.594. The molecule has 0 spiro atoms. The second-order valence-corrected chi connectivity index (χ2v) is 13.6. The van der Waals surface area contributed by atoms with Gasteiger partial charge in [-0.2, -0.15) is 23.1 Å². The zero-order valence-electron chi connectivity index (χ0n) is 26.2. The van der Waals surface area contributed by atoms with Crippen LogP contribution in [0.1, 0.15) is 49.7 Å². The lowest BCUT2D eigenvalue weighted by molar-refractivity contribution is -0.137. The summed E-state index contributed by atoms with van der Waals surface area (Å²) in [5, 5.41) is 2.93. The van der Waals surface area contributed by atoms with Crippen molar-refractivity contribution in [2.45, 2.75) is 69.4 Å². The first-order valence-electron chi connectivity index (χ1n) is 16.0. The number of pyridine rings is 1. The van der Waals surface area contributed by atoms with E-state index in [4.69, 9.17) is 31.8 Å². The predicted molar refractivity (Wildman–Crippen MR) is 168 cm³/mol. The molecular weight excluding hydrogens is 645 g/mol. The molecule has 5 heterocycles. The van der Waals surface area contributed by atoms with Crippen LogP contribution in [0.5, 0.6) is 11.8 Å². The average Bonchev–Trinajstić information content (AvgIpc) is 3.68. The third kappa shape index (κ3) is 5.49. The third-order valence-corrected chi connectivity index (χ3v) is 10.6. The van der Waals surface area contributed by atoms with Gasteiger partial charge in [-0.3, -0.25) is 4.90 Å². The van der Waals surface area contributed by atoms with Crippen molar-refractivity contribution in [1.29, 1.82) is 0 Å². The molecule has 15 heteroatoms. The molecule has 1 aliphatic carbocycles. The van der Waals surface area contributed by atoms with Gasteiger partial charge < -0.3 is 25.4 Å². The van der Waals surface area contributed by atoms with Crippen LogP contribution in [-0.2, 0) is 6.18 Å². The van der Waals surface area contributed by atoms with Crippen molar-refractivity contribution in [3.63, 3.8) is 0 Å².